The largest absolute Gasteiger partial charge is 0.365 e. The van der Waals surface area contributed by atoms with Crippen molar-refractivity contribution >= 4 is 23.1 Å². The van der Waals surface area contributed by atoms with Gasteiger partial charge in [0.2, 0.25) is 11.6 Å². The van der Waals surface area contributed by atoms with Gasteiger partial charge in [-0.15, -0.1) is 0 Å². The minimum atomic E-state index is -1.46. The molecule has 0 unspecified atom stereocenters. The maximum atomic E-state index is 13.1. The molecule has 0 saturated heterocycles. The van der Waals surface area contributed by atoms with Crippen LogP contribution in [0.15, 0.2) is 121 Å². The molecule has 6 nitrogen and oxygen atoms in total. The Hall–Kier alpha value is -4.52. The van der Waals surface area contributed by atoms with Gasteiger partial charge in [-0.2, -0.15) is 0 Å². The Labute approximate surface area is 247 Å². The number of methoxy groups -OCH3 is 2. The lowest BCUT2D eigenvalue weighted by atomic mass is 9.81. The molecule has 0 aromatic heterocycles. The number of hydrogen-bond donors (Lipinski definition) is 0. The summed E-state index contributed by atoms with van der Waals surface area (Å²) in [6.07, 6.45) is 0.909. The molecule has 0 radical (unpaired) electrons. The molecular formula is C36H36O6. The molecule has 0 N–H and O–H groups in total. The number of ether oxygens (including phenoxy) is 2. The van der Waals surface area contributed by atoms with E-state index < -0.39 is 11.7 Å². The average Bonchev–Trinajstić information content (AvgIpc) is 3.07. The van der Waals surface area contributed by atoms with Gasteiger partial charge in [-0.1, -0.05) is 135 Å². The fourth-order valence-electron chi connectivity index (χ4n) is 4.53. The van der Waals surface area contributed by atoms with Crippen molar-refractivity contribution in [3.05, 3.63) is 144 Å². The van der Waals surface area contributed by atoms with Crippen molar-refractivity contribution < 1.29 is 28.7 Å². The summed E-state index contributed by atoms with van der Waals surface area (Å²) in [5.41, 5.74) is 0.473. The number of carbonyl (C=O) groups is 4. The summed E-state index contributed by atoms with van der Waals surface area (Å²) in [6.45, 7) is 2.03. The number of rotatable bonds is 13. The Bertz CT molecular complexity index is 1330. The van der Waals surface area contributed by atoms with E-state index in [4.69, 9.17) is 9.47 Å². The molecule has 0 aliphatic heterocycles. The van der Waals surface area contributed by atoms with E-state index in [2.05, 4.69) is 0 Å². The Morgan fingerprint density at radius 3 is 1.19 bits per heavy atom. The monoisotopic (exact) mass is 564 g/mol. The molecule has 0 aliphatic rings. The molecule has 216 valence electrons. The first-order valence-electron chi connectivity index (χ1n) is 13.9. The van der Waals surface area contributed by atoms with Gasteiger partial charge >= 0.3 is 0 Å². The minimum Gasteiger partial charge on any atom is -0.365 e. The van der Waals surface area contributed by atoms with Crippen LogP contribution in [-0.2, 0) is 9.47 Å². The van der Waals surface area contributed by atoms with Crippen molar-refractivity contribution in [2.24, 2.45) is 0 Å². The highest BCUT2D eigenvalue weighted by molar-refractivity contribution is 6.22. The number of unbranched alkanes of at least 4 members (excludes halogenated alkanes) is 1. The topological polar surface area (TPSA) is 86.7 Å². The maximum absolute atomic E-state index is 13.1. The summed E-state index contributed by atoms with van der Waals surface area (Å²) in [6, 6.07) is 35.1. The molecule has 4 aromatic rings. The Balaban J connectivity index is 0.000000235. The van der Waals surface area contributed by atoms with Crippen LogP contribution in [0.1, 0.15) is 67.6 Å². The van der Waals surface area contributed by atoms with E-state index >= 15 is 0 Å². The molecule has 0 bridgehead atoms. The standard InChI is InChI=1S/C20H22O3.C16H14O3/c1-3-4-15-20(23-2,18(21)16-11-7-5-8-12-16)19(22)17-13-9-6-10-14-17;1-19-16(14(17)12-8-4-2-5-9-12)15(18)13-10-6-3-7-11-13/h5-14H,3-4,15H2,1-2H3;2-11,16H,1H3. The van der Waals surface area contributed by atoms with Crippen LogP contribution in [0.2, 0.25) is 0 Å². The number of ketones is 4. The average molecular weight is 565 g/mol. The van der Waals surface area contributed by atoms with Gasteiger partial charge in [0, 0.05) is 36.5 Å². The quantitative estimate of drug-likeness (QED) is 0.127. The zero-order chi connectivity index (χ0) is 30.4. The van der Waals surface area contributed by atoms with Crippen molar-refractivity contribution in [2.75, 3.05) is 14.2 Å². The third kappa shape index (κ3) is 7.81. The Morgan fingerprint density at radius 2 is 0.905 bits per heavy atom. The molecule has 0 heterocycles. The lowest BCUT2D eigenvalue weighted by Gasteiger charge is -2.29. The van der Waals surface area contributed by atoms with E-state index in [1.165, 1.54) is 14.2 Å². The van der Waals surface area contributed by atoms with Crippen LogP contribution in [0.4, 0.5) is 0 Å². The fourth-order valence-corrected chi connectivity index (χ4v) is 4.53. The van der Waals surface area contributed by atoms with Crippen LogP contribution < -0.4 is 0 Å². The predicted octanol–water partition coefficient (Wildman–Crippen LogP) is 7.09. The molecule has 0 spiro atoms. The van der Waals surface area contributed by atoms with Crippen LogP contribution in [-0.4, -0.2) is 49.1 Å². The highest BCUT2D eigenvalue weighted by Gasteiger charge is 2.46. The van der Waals surface area contributed by atoms with Gasteiger partial charge in [0.05, 0.1) is 0 Å². The van der Waals surface area contributed by atoms with Gasteiger partial charge in [0.15, 0.2) is 23.3 Å². The van der Waals surface area contributed by atoms with Gasteiger partial charge in [-0.3, -0.25) is 19.2 Å². The van der Waals surface area contributed by atoms with Crippen LogP contribution >= 0.6 is 0 Å². The summed E-state index contributed by atoms with van der Waals surface area (Å²) in [5.74, 6) is -1.19. The van der Waals surface area contributed by atoms with Crippen LogP contribution in [0, 0.1) is 0 Å². The molecule has 4 aromatic carbocycles. The van der Waals surface area contributed by atoms with Gasteiger partial charge < -0.3 is 9.47 Å². The second-order valence-corrected chi connectivity index (χ2v) is 9.60. The highest BCUT2D eigenvalue weighted by Crippen LogP contribution is 2.28. The second kappa shape index (κ2) is 16.1. The molecule has 0 amide bonds. The Kier molecular flexibility index (Phi) is 12.2. The van der Waals surface area contributed by atoms with E-state index in [1.807, 2.05) is 31.2 Å². The molecule has 0 atom stereocenters. The van der Waals surface area contributed by atoms with Gasteiger partial charge in [0.1, 0.15) is 0 Å². The van der Waals surface area contributed by atoms with Crippen molar-refractivity contribution in [1.82, 2.24) is 0 Å². The third-order valence-electron chi connectivity index (χ3n) is 6.86. The van der Waals surface area contributed by atoms with Crippen LogP contribution in [0.3, 0.4) is 0 Å². The van der Waals surface area contributed by atoms with Crippen molar-refractivity contribution in [2.45, 2.75) is 37.9 Å². The van der Waals surface area contributed by atoms with E-state index in [9.17, 15) is 19.2 Å². The van der Waals surface area contributed by atoms with Crippen molar-refractivity contribution in [3.8, 4) is 0 Å². The summed E-state index contributed by atoms with van der Waals surface area (Å²) < 4.78 is 10.7. The van der Waals surface area contributed by atoms with Gasteiger partial charge in [-0.05, 0) is 12.8 Å². The third-order valence-corrected chi connectivity index (χ3v) is 6.86. The van der Waals surface area contributed by atoms with Gasteiger partial charge in [0.25, 0.3) is 0 Å². The Morgan fingerprint density at radius 1 is 0.571 bits per heavy atom. The number of carbonyl (C=O) groups excluding carboxylic acids is 4. The zero-order valence-corrected chi connectivity index (χ0v) is 24.2. The van der Waals surface area contributed by atoms with Gasteiger partial charge in [-0.25, -0.2) is 0 Å². The number of benzene rings is 4. The summed E-state index contributed by atoms with van der Waals surface area (Å²) in [7, 11) is 2.81. The van der Waals surface area contributed by atoms with Crippen LogP contribution in [0.5, 0.6) is 0 Å². The molecule has 6 heteroatoms. The first kappa shape index (κ1) is 32.0. The maximum Gasteiger partial charge on any atom is 0.202 e. The SMILES string of the molecule is CCCCC(OC)(C(=O)c1ccccc1)C(=O)c1ccccc1.COC(C(=O)c1ccccc1)C(=O)c1ccccc1. The number of hydrogen-bond acceptors (Lipinski definition) is 6. The van der Waals surface area contributed by atoms with Crippen LogP contribution in [0.25, 0.3) is 0 Å². The fraction of sp³-hybridized carbons (Fsp3) is 0.222. The summed E-state index contributed by atoms with van der Waals surface area (Å²) in [4.78, 5) is 50.6. The normalized spacial score (nSPS) is 10.9. The van der Waals surface area contributed by atoms with Crippen molar-refractivity contribution in [1.29, 1.82) is 0 Å². The molecule has 0 aliphatic carbocycles. The molecule has 42 heavy (non-hydrogen) atoms. The predicted molar refractivity (Wildman–Crippen MR) is 163 cm³/mol. The molecule has 4 rings (SSSR count). The second-order valence-electron chi connectivity index (χ2n) is 9.60. The zero-order valence-electron chi connectivity index (χ0n) is 24.2. The molecule has 0 saturated carbocycles. The van der Waals surface area contributed by atoms with E-state index in [-0.39, 0.29) is 23.1 Å². The first-order valence-corrected chi connectivity index (χ1v) is 13.9. The molecular weight excluding hydrogens is 528 g/mol. The van der Waals surface area contributed by atoms with E-state index in [0.29, 0.717) is 28.7 Å². The lowest BCUT2D eigenvalue weighted by Crippen LogP contribution is -2.48. The first-order chi connectivity index (χ1) is 20.4. The lowest BCUT2D eigenvalue weighted by molar-refractivity contribution is 0.00382. The van der Waals surface area contributed by atoms with E-state index in [1.54, 1.807) is 97.1 Å². The summed E-state index contributed by atoms with van der Waals surface area (Å²) in [5, 5.41) is 0. The highest BCUT2D eigenvalue weighted by atomic mass is 16.5. The molecule has 0 fully saturated rings. The minimum absolute atomic E-state index is 0.275. The summed E-state index contributed by atoms with van der Waals surface area (Å²) >= 11 is 0. The van der Waals surface area contributed by atoms with E-state index in [0.717, 1.165) is 12.8 Å². The smallest absolute Gasteiger partial charge is 0.202 e. The number of Topliss-reactive ketones (excluding diaryl/α,β-unsaturated/α-hetero) is 4. The van der Waals surface area contributed by atoms with Crippen molar-refractivity contribution in [3.63, 3.8) is 0 Å².